The zero-order valence-corrected chi connectivity index (χ0v) is 9.11. The average molecular weight is 170 g/mol. The molecular weight excluding hydrogens is 148 g/mol. The Morgan fingerprint density at radius 3 is 2.17 bits per heavy atom. The van der Waals surface area contributed by atoms with Gasteiger partial charge in [-0.05, 0) is 31.1 Å². The fraction of sp³-hybridized carbons (Fsp3) is 0.909. The lowest BCUT2D eigenvalue weighted by molar-refractivity contribution is -0.117. The SMILES string of the molecule is CC(=O)CCC(C)CC(C)(C)C. The van der Waals surface area contributed by atoms with Gasteiger partial charge in [0.1, 0.15) is 5.78 Å². The molecule has 0 aromatic heterocycles. The van der Waals surface area contributed by atoms with Crippen LogP contribution in [0.1, 0.15) is 53.9 Å². The van der Waals surface area contributed by atoms with E-state index in [1.807, 2.05) is 0 Å². The van der Waals surface area contributed by atoms with Gasteiger partial charge in [0, 0.05) is 6.42 Å². The smallest absolute Gasteiger partial charge is 0.129 e. The molecule has 1 unspecified atom stereocenters. The summed E-state index contributed by atoms with van der Waals surface area (Å²) in [5.74, 6) is 0.990. The van der Waals surface area contributed by atoms with E-state index >= 15 is 0 Å². The van der Waals surface area contributed by atoms with E-state index in [-0.39, 0.29) is 0 Å². The zero-order chi connectivity index (χ0) is 9.78. The molecule has 0 N–H and O–H groups in total. The molecule has 12 heavy (non-hydrogen) atoms. The van der Waals surface area contributed by atoms with Gasteiger partial charge < -0.3 is 4.79 Å². The number of carbonyl (C=O) groups excluding carboxylic acids is 1. The maximum atomic E-state index is 10.7. The summed E-state index contributed by atoms with van der Waals surface area (Å²) in [6.45, 7) is 10.6. The molecular formula is C11H22O. The second-order valence-electron chi connectivity index (χ2n) is 5.11. The normalized spacial score (nSPS) is 14.4. The molecule has 0 spiro atoms. The predicted octanol–water partition coefficient (Wildman–Crippen LogP) is 3.43. The molecule has 72 valence electrons. The Kier molecular flexibility index (Phi) is 4.51. The fourth-order valence-electron chi connectivity index (χ4n) is 1.60. The van der Waals surface area contributed by atoms with Gasteiger partial charge in [0.05, 0.1) is 0 Å². The Balaban J connectivity index is 3.60. The van der Waals surface area contributed by atoms with Crippen LogP contribution in [0, 0.1) is 11.3 Å². The first kappa shape index (κ1) is 11.7. The fourth-order valence-corrected chi connectivity index (χ4v) is 1.60. The van der Waals surface area contributed by atoms with Crippen molar-refractivity contribution in [1.82, 2.24) is 0 Å². The highest BCUT2D eigenvalue weighted by Crippen LogP contribution is 2.26. The monoisotopic (exact) mass is 170 g/mol. The number of hydrogen-bond acceptors (Lipinski definition) is 1. The van der Waals surface area contributed by atoms with Crippen LogP contribution in [0.2, 0.25) is 0 Å². The largest absolute Gasteiger partial charge is 0.300 e. The highest BCUT2D eigenvalue weighted by molar-refractivity contribution is 5.75. The van der Waals surface area contributed by atoms with Gasteiger partial charge in [-0.2, -0.15) is 0 Å². The van der Waals surface area contributed by atoms with Crippen LogP contribution in [0.3, 0.4) is 0 Å². The van der Waals surface area contributed by atoms with Crippen molar-refractivity contribution < 1.29 is 4.79 Å². The van der Waals surface area contributed by atoms with Crippen LogP contribution in [0.25, 0.3) is 0 Å². The molecule has 1 nitrogen and oxygen atoms in total. The van der Waals surface area contributed by atoms with Gasteiger partial charge in [-0.1, -0.05) is 27.7 Å². The topological polar surface area (TPSA) is 17.1 Å². The molecule has 0 aromatic rings. The number of ketones is 1. The molecule has 0 bridgehead atoms. The summed E-state index contributed by atoms with van der Waals surface area (Å²) in [6.07, 6.45) is 3.00. The van der Waals surface area contributed by atoms with E-state index in [2.05, 4.69) is 27.7 Å². The van der Waals surface area contributed by atoms with Crippen molar-refractivity contribution in [1.29, 1.82) is 0 Å². The van der Waals surface area contributed by atoms with Crippen LogP contribution in [0.5, 0.6) is 0 Å². The van der Waals surface area contributed by atoms with Crippen molar-refractivity contribution >= 4 is 5.78 Å². The summed E-state index contributed by atoms with van der Waals surface area (Å²) >= 11 is 0. The molecule has 0 fully saturated rings. The predicted molar refractivity (Wildman–Crippen MR) is 53.2 cm³/mol. The Hall–Kier alpha value is -0.330. The summed E-state index contributed by atoms with van der Waals surface area (Å²) in [7, 11) is 0. The minimum Gasteiger partial charge on any atom is -0.300 e. The molecule has 0 rings (SSSR count). The van der Waals surface area contributed by atoms with Gasteiger partial charge in [-0.3, -0.25) is 0 Å². The van der Waals surface area contributed by atoms with Gasteiger partial charge in [-0.25, -0.2) is 0 Å². The Bertz CT molecular complexity index is 142. The quantitative estimate of drug-likeness (QED) is 0.631. The van der Waals surface area contributed by atoms with E-state index in [0.717, 1.165) is 12.8 Å². The first-order chi connectivity index (χ1) is 5.31. The lowest BCUT2D eigenvalue weighted by Gasteiger charge is -2.22. The molecule has 0 aliphatic rings. The summed E-state index contributed by atoms with van der Waals surface area (Å²) in [5, 5.41) is 0. The summed E-state index contributed by atoms with van der Waals surface area (Å²) < 4.78 is 0. The first-order valence-electron chi connectivity index (χ1n) is 4.81. The van der Waals surface area contributed by atoms with Crippen LogP contribution in [-0.2, 0) is 4.79 Å². The van der Waals surface area contributed by atoms with E-state index in [1.165, 1.54) is 6.42 Å². The third-order valence-corrected chi connectivity index (χ3v) is 1.95. The maximum absolute atomic E-state index is 10.7. The van der Waals surface area contributed by atoms with Crippen molar-refractivity contribution in [2.75, 3.05) is 0 Å². The van der Waals surface area contributed by atoms with E-state index in [1.54, 1.807) is 6.92 Å². The number of hydrogen-bond donors (Lipinski definition) is 0. The number of rotatable bonds is 4. The Morgan fingerprint density at radius 2 is 1.83 bits per heavy atom. The highest BCUT2D eigenvalue weighted by Gasteiger charge is 2.15. The molecule has 0 saturated carbocycles. The summed E-state index contributed by atoms with van der Waals surface area (Å²) in [4.78, 5) is 10.7. The zero-order valence-electron chi connectivity index (χ0n) is 9.11. The van der Waals surface area contributed by atoms with E-state index in [4.69, 9.17) is 0 Å². The van der Waals surface area contributed by atoms with Gasteiger partial charge in [-0.15, -0.1) is 0 Å². The van der Waals surface area contributed by atoms with Crippen molar-refractivity contribution in [3.63, 3.8) is 0 Å². The third-order valence-electron chi connectivity index (χ3n) is 1.95. The lowest BCUT2D eigenvalue weighted by atomic mass is 9.83. The van der Waals surface area contributed by atoms with Crippen molar-refractivity contribution in [3.05, 3.63) is 0 Å². The minimum atomic E-state index is 0.316. The van der Waals surface area contributed by atoms with Crippen molar-refractivity contribution in [2.24, 2.45) is 11.3 Å². The van der Waals surface area contributed by atoms with Crippen LogP contribution >= 0.6 is 0 Å². The molecule has 0 saturated heterocycles. The maximum Gasteiger partial charge on any atom is 0.129 e. The van der Waals surface area contributed by atoms with Gasteiger partial charge >= 0.3 is 0 Å². The lowest BCUT2D eigenvalue weighted by Crippen LogP contribution is -2.11. The van der Waals surface area contributed by atoms with E-state index < -0.39 is 0 Å². The second kappa shape index (κ2) is 4.64. The van der Waals surface area contributed by atoms with Crippen molar-refractivity contribution in [2.45, 2.75) is 53.9 Å². The van der Waals surface area contributed by atoms with E-state index in [0.29, 0.717) is 17.1 Å². The molecule has 0 radical (unpaired) electrons. The molecule has 0 aromatic carbocycles. The molecule has 0 aliphatic carbocycles. The van der Waals surface area contributed by atoms with Crippen LogP contribution in [-0.4, -0.2) is 5.78 Å². The standard InChI is InChI=1S/C11H22O/c1-9(6-7-10(2)12)8-11(3,4)5/h9H,6-8H2,1-5H3. The highest BCUT2D eigenvalue weighted by atomic mass is 16.1. The Morgan fingerprint density at radius 1 is 1.33 bits per heavy atom. The molecule has 0 heterocycles. The number of Topliss-reactive ketones (excluding diaryl/α,β-unsaturated/α-hetero) is 1. The van der Waals surface area contributed by atoms with Crippen molar-refractivity contribution in [3.8, 4) is 0 Å². The minimum absolute atomic E-state index is 0.316. The summed E-state index contributed by atoms with van der Waals surface area (Å²) in [6, 6.07) is 0. The average Bonchev–Trinajstić information content (AvgIpc) is 1.79. The molecule has 1 heteroatoms. The van der Waals surface area contributed by atoms with Gasteiger partial charge in [0.15, 0.2) is 0 Å². The second-order valence-corrected chi connectivity index (χ2v) is 5.11. The molecule has 0 amide bonds. The third kappa shape index (κ3) is 7.77. The Labute approximate surface area is 76.6 Å². The van der Waals surface area contributed by atoms with Crippen LogP contribution in [0.4, 0.5) is 0 Å². The van der Waals surface area contributed by atoms with Gasteiger partial charge in [0.2, 0.25) is 0 Å². The summed E-state index contributed by atoms with van der Waals surface area (Å²) in [5.41, 5.74) is 0.399. The molecule has 0 aliphatic heterocycles. The molecule has 1 atom stereocenters. The van der Waals surface area contributed by atoms with Crippen LogP contribution in [0.15, 0.2) is 0 Å². The van der Waals surface area contributed by atoms with Crippen LogP contribution < -0.4 is 0 Å². The van der Waals surface area contributed by atoms with Gasteiger partial charge in [0.25, 0.3) is 0 Å². The number of carbonyl (C=O) groups is 1. The van der Waals surface area contributed by atoms with E-state index in [9.17, 15) is 4.79 Å². The first-order valence-corrected chi connectivity index (χ1v) is 4.81.